The van der Waals surface area contributed by atoms with Crippen LogP contribution in [0.3, 0.4) is 0 Å². The molecule has 0 radical (unpaired) electrons. The molecule has 204 valence electrons. The normalized spacial score (nSPS) is 20.5. The van der Waals surface area contributed by atoms with Gasteiger partial charge >= 0.3 is 12.0 Å². The van der Waals surface area contributed by atoms with Crippen LogP contribution < -0.4 is 14.8 Å². The lowest BCUT2D eigenvalue weighted by molar-refractivity contribution is -0.139. The van der Waals surface area contributed by atoms with Crippen LogP contribution >= 0.6 is 0 Å². The number of rotatable bonds is 10. The number of likely N-dealkylation sites (N-methyl/N-ethyl adjacent to an activating group) is 1. The minimum atomic E-state index is -0.754. The maximum absolute atomic E-state index is 13.4. The minimum absolute atomic E-state index is 0.0396. The maximum Gasteiger partial charge on any atom is 0.338 e. The monoisotopic (exact) mass is 518 g/mol. The van der Waals surface area contributed by atoms with Gasteiger partial charge in [-0.2, -0.15) is 0 Å². The third-order valence-corrected chi connectivity index (χ3v) is 6.63. The standard InChI is InChI=1S/C26H38N4O7/c1-7-29-21(15-28-9-10-30(17(3)14-28)22(31)16-34-4)23(25(32)37-8-2)24(27-26(29)33)18-11-19(35-5)13-20(12-18)36-6/h11-13,17,24H,7-10,14-16H2,1-6H3,(H,27,33). The predicted molar refractivity (Wildman–Crippen MR) is 136 cm³/mol. The fourth-order valence-electron chi connectivity index (χ4n) is 4.87. The third-order valence-electron chi connectivity index (χ3n) is 6.63. The SMILES string of the molecule is CCOC(=O)C1=C(CN2CCN(C(=O)COC)C(C)C2)N(CC)C(=O)NC1c1cc(OC)cc(OC)c1. The topological polar surface area (TPSA) is 110 Å². The third kappa shape index (κ3) is 6.34. The molecular formula is C26H38N4O7. The first kappa shape index (κ1) is 28.3. The van der Waals surface area contributed by atoms with Crippen molar-refractivity contribution in [1.29, 1.82) is 0 Å². The van der Waals surface area contributed by atoms with Gasteiger partial charge < -0.3 is 29.2 Å². The summed E-state index contributed by atoms with van der Waals surface area (Å²) < 4.78 is 21.3. The molecule has 0 saturated carbocycles. The molecule has 2 unspecified atom stereocenters. The Kier molecular flexibility index (Phi) is 9.76. The number of amides is 3. The highest BCUT2D eigenvalue weighted by atomic mass is 16.5. The zero-order chi connectivity index (χ0) is 27.1. The van der Waals surface area contributed by atoms with Gasteiger partial charge in [0.05, 0.1) is 32.4 Å². The largest absolute Gasteiger partial charge is 0.497 e. The average molecular weight is 519 g/mol. The zero-order valence-electron chi connectivity index (χ0n) is 22.5. The molecular weight excluding hydrogens is 480 g/mol. The summed E-state index contributed by atoms with van der Waals surface area (Å²) in [6.07, 6.45) is 0. The molecule has 3 rings (SSSR count). The van der Waals surface area contributed by atoms with E-state index in [1.807, 2.05) is 13.8 Å². The number of hydrogen-bond acceptors (Lipinski definition) is 8. The second-order valence-corrected chi connectivity index (χ2v) is 8.96. The Balaban J connectivity index is 2.03. The quantitative estimate of drug-likeness (QED) is 0.467. The Morgan fingerprint density at radius 2 is 1.73 bits per heavy atom. The molecule has 1 saturated heterocycles. The van der Waals surface area contributed by atoms with E-state index < -0.39 is 12.0 Å². The van der Waals surface area contributed by atoms with Crippen molar-refractivity contribution in [2.75, 3.05) is 67.3 Å². The van der Waals surface area contributed by atoms with E-state index >= 15 is 0 Å². The van der Waals surface area contributed by atoms with Crippen molar-refractivity contribution >= 4 is 17.9 Å². The van der Waals surface area contributed by atoms with Crippen molar-refractivity contribution < 1.29 is 33.3 Å². The van der Waals surface area contributed by atoms with Crippen LogP contribution in [0.5, 0.6) is 11.5 Å². The van der Waals surface area contributed by atoms with E-state index in [0.717, 1.165) is 0 Å². The van der Waals surface area contributed by atoms with Crippen molar-refractivity contribution in [3.63, 3.8) is 0 Å². The van der Waals surface area contributed by atoms with Gasteiger partial charge in [-0.25, -0.2) is 9.59 Å². The van der Waals surface area contributed by atoms with Crippen molar-refractivity contribution in [1.82, 2.24) is 20.0 Å². The summed E-state index contributed by atoms with van der Waals surface area (Å²) in [5.74, 6) is 0.527. The molecule has 1 N–H and O–H groups in total. The summed E-state index contributed by atoms with van der Waals surface area (Å²) in [6.45, 7) is 8.27. The highest BCUT2D eigenvalue weighted by Crippen LogP contribution is 2.35. The zero-order valence-corrected chi connectivity index (χ0v) is 22.5. The number of benzene rings is 1. The molecule has 1 aromatic rings. The predicted octanol–water partition coefficient (Wildman–Crippen LogP) is 1.79. The molecule has 0 spiro atoms. The molecule has 0 bridgehead atoms. The number of esters is 1. The first-order valence-electron chi connectivity index (χ1n) is 12.5. The van der Waals surface area contributed by atoms with Gasteiger partial charge in [0.2, 0.25) is 5.91 Å². The van der Waals surface area contributed by atoms with E-state index in [0.29, 0.717) is 61.1 Å². The summed E-state index contributed by atoms with van der Waals surface area (Å²) in [5, 5.41) is 2.97. The molecule has 11 heteroatoms. The molecule has 37 heavy (non-hydrogen) atoms. The van der Waals surface area contributed by atoms with Gasteiger partial charge in [0.25, 0.3) is 0 Å². The van der Waals surface area contributed by atoms with Crippen molar-refractivity contribution in [3.05, 3.63) is 35.0 Å². The molecule has 1 fully saturated rings. The summed E-state index contributed by atoms with van der Waals surface area (Å²) in [7, 11) is 4.59. The number of urea groups is 1. The van der Waals surface area contributed by atoms with Gasteiger partial charge in [-0.1, -0.05) is 0 Å². The first-order valence-corrected chi connectivity index (χ1v) is 12.5. The maximum atomic E-state index is 13.4. The Labute approximate surface area is 218 Å². The van der Waals surface area contributed by atoms with E-state index in [1.54, 1.807) is 49.1 Å². The van der Waals surface area contributed by atoms with E-state index in [-0.39, 0.29) is 31.2 Å². The van der Waals surface area contributed by atoms with Crippen LogP contribution in [-0.2, 0) is 19.1 Å². The molecule has 2 heterocycles. The second-order valence-electron chi connectivity index (χ2n) is 8.96. The van der Waals surface area contributed by atoms with E-state index in [2.05, 4.69) is 10.2 Å². The number of carbonyl (C=O) groups excluding carboxylic acids is 3. The van der Waals surface area contributed by atoms with Crippen molar-refractivity contribution in [2.45, 2.75) is 32.9 Å². The van der Waals surface area contributed by atoms with Crippen LogP contribution in [0.4, 0.5) is 4.79 Å². The van der Waals surface area contributed by atoms with Crippen LogP contribution in [0.1, 0.15) is 32.4 Å². The fraction of sp³-hybridized carbons (Fsp3) is 0.577. The van der Waals surface area contributed by atoms with Gasteiger partial charge in [-0.15, -0.1) is 0 Å². The molecule has 1 aromatic carbocycles. The number of nitrogens with one attached hydrogen (secondary N) is 1. The summed E-state index contributed by atoms with van der Waals surface area (Å²) in [6, 6.07) is 4.17. The summed E-state index contributed by atoms with van der Waals surface area (Å²) in [4.78, 5) is 44.6. The fourth-order valence-corrected chi connectivity index (χ4v) is 4.87. The Bertz CT molecular complexity index is 1010. The lowest BCUT2D eigenvalue weighted by Gasteiger charge is -2.42. The average Bonchev–Trinajstić information content (AvgIpc) is 2.88. The first-order chi connectivity index (χ1) is 17.8. The van der Waals surface area contributed by atoms with Crippen LogP contribution in [0.15, 0.2) is 29.5 Å². The number of hydrogen-bond donors (Lipinski definition) is 1. The molecule has 11 nitrogen and oxygen atoms in total. The van der Waals surface area contributed by atoms with Crippen molar-refractivity contribution in [2.24, 2.45) is 0 Å². The Hall–Kier alpha value is -3.31. The van der Waals surface area contributed by atoms with E-state index in [9.17, 15) is 14.4 Å². The summed E-state index contributed by atoms with van der Waals surface area (Å²) >= 11 is 0. The van der Waals surface area contributed by atoms with Crippen LogP contribution in [0.25, 0.3) is 0 Å². The minimum Gasteiger partial charge on any atom is -0.497 e. The van der Waals surface area contributed by atoms with Crippen LogP contribution in [-0.4, -0.2) is 106 Å². The smallest absolute Gasteiger partial charge is 0.338 e. The molecule has 2 atom stereocenters. The van der Waals surface area contributed by atoms with Gasteiger partial charge in [-0.05, 0) is 38.5 Å². The van der Waals surface area contributed by atoms with Crippen molar-refractivity contribution in [3.8, 4) is 11.5 Å². The Morgan fingerprint density at radius 3 is 2.27 bits per heavy atom. The summed E-state index contributed by atoms with van der Waals surface area (Å²) in [5.41, 5.74) is 1.59. The number of nitrogens with zero attached hydrogens (tertiary/aromatic N) is 3. The second kappa shape index (κ2) is 12.8. The van der Waals surface area contributed by atoms with E-state index in [4.69, 9.17) is 18.9 Å². The molecule has 2 aliphatic rings. The highest BCUT2D eigenvalue weighted by Gasteiger charge is 2.39. The lowest BCUT2D eigenvalue weighted by Crippen LogP contribution is -2.57. The highest BCUT2D eigenvalue weighted by molar-refractivity contribution is 5.95. The number of carbonyl (C=O) groups is 3. The molecule has 3 amide bonds. The molecule has 0 aliphatic carbocycles. The number of methoxy groups -OCH3 is 3. The van der Waals surface area contributed by atoms with Gasteiger partial charge in [0, 0.05) is 57.6 Å². The number of piperazine rings is 1. The van der Waals surface area contributed by atoms with Gasteiger partial charge in [0.1, 0.15) is 18.1 Å². The molecule has 2 aliphatic heterocycles. The molecule has 0 aromatic heterocycles. The van der Waals surface area contributed by atoms with Crippen LogP contribution in [0, 0.1) is 0 Å². The van der Waals surface area contributed by atoms with Crippen LogP contribution in [0.2, 0.25) is 0 Å². The van der Waals surface area contributed by atoms with Gasteiger partial charge in [0.15, 0.2) is 0 Å². The van der Waals surface area contributed by atoms with Gasteiger partial charge in [-0.3, -0.25) is 14.6 Å². The Morgan fingerprint density at radius 1 is 1.05 bits per heavy atom. The number of ether oxygens (including phenoxy) is 4. The lowest BCUT2D eigenvalue weighted by atomic mass is 9.93. The van der Waals surface area contributed by atoms with E-state index in [1.165, 1.54) is 7.11 Å².